The number of hydrogen-bond donors (Lipinski definition) is 1. The Bertz CT molecular complexity index is 575. The zero-order valence-electron chi connectivity index (χ0n) is 10.6. The second-order valence-electron chi connectivity index (χ2n) is 4.01. The van der Waals surface area contributed by atoms with E-state index >= 15 is 0 Å². The van der Waals surface area contributed by atoms with Gasteiger partial charge in [0.25, 0.3) is 5.91 Å². The highest BCUT2D eigenvalue weighted by Gasteiger charge is 2.10. The first-order valence-corrected chi connectivity index (χ1v) is 9.21. The van der Waals surface area contributed by atoms with Gasteiger partial charge in [-0.3, -0.25) is 4.79 Å². The van der Waals surface area contributed by atoms with E-state index in [0.717, 1.165) is 16.0 Å². The summed E-state index contributed by atoms with van der Waals surface area (Å²) in [5, 5.41) is 5.43. The number of amides is 1. The van der Waals surface area contributed by atoms with Gasteiger partial charge in [0.05, 0.1) is 10.6 Å². The Kier molecular flexibility index (Phi) is 6.42. The summed E-state index contributed by atoms with van der Waals surface area (Å²) in [5.74, 6) is 1.74. The van der Waals surface area contributed by atoms with Gasteiger partial charge in [-0.25, -0.2) is 0 Å². The molecule has 1 amide bonds. The molecule has 0 aliphatic carbocycles. The van der Waals surface area contributed by atoms with Crippen molar-refractivity contribution in [2.24, 2.45) is 0 Å². The molecule has 0 radical (unpaired) electrons. The third-order valence-electron chi connectivity index (χ3n) is 2.53. The van der Waals surface area contributed by atoms with E-state index in [1.165, 1.54) is 4.88 Å². The average molecular weight is 391 g/mol. The maximum atomic E-state index is 12.0. The second-order valence-corrected chi connectivity index (χ2v) is 7.47. The lowest BCUT2D eigenvalue weighted by Gasteiger charge is -2.07. The largest absolute Gasteiger partial charge is 0.351 e. The average Bonchev–Trinajstić information content (AvgIpc) is 2.94. The molecule has 1 N–H and O–H groups in total. The van der Waals surface area contributed by atoms with Crippen molar-refractivity contribution in [1.29, 1.82) is 0 Å². The van der Waals surface area contributed by atoms with Gasteiger partial charge in [0.2, 0.25) is 0 Å². The number of thiophene rings is 1. The molecule has 2 rings (SSSR count). The molecule has 0 bridgehead atoms. The van der Waals surface area contributed by atoms with E-state index in [1.54, 1.807) is 23.5 Å². The first-order valence-electron chi connectivity index (χ1n) is 6.00. The Morgan fingerprint density at radius 3 is 3.00 bits per heavy atom. The molecule has 20 heavy (non-hydrogen) atoms. The minimum atomic E-state index is -0.131. The molecule has 2 aromatic rings. The maximum Gasteiger partial charge on any atom is 0.252 e. The van der Waals surface area contributed by atoms with Crippen LogP contribution in [0.25, 0.3) is 0 Å². The van der Waals surface area contributed by atoms with Crippen molar-refractivity contribution in [1.82, 2.24) is 5.32 Å². The Morgan fingerprint density at radius 2 is 2.25 bits per heavy atom. The minimum Gasteiger partial charge on any atom is -0.351 e. The van der Waals surface area contributed by atoms with E-state index in [0.29, 0.717) is 17.1 Å². The fourth-order valence-corrected chi connectivity index (χ4v) is 3.83. The summed E-state index contributed by atoms with van der Waals surface area (Å²) in [4.78, 5) is 13.3. The van der Waals surface area contributed by atoms with Crippen LogP contribution in [-0.2, 0) is 5.75 Å². The van der Waals surface area contributed by atoms with Crippen LogP contribution in [0.3, 0.4) is 0 Å². The fourth-order valence-electron chi connectivity index (χ4n) is 1.57. The zero-order chi connectivity index (χ0) is 14.4. The first-order chi connectivity index (χ1) is 9.66. The molecule has 0 fully saturated rings. The van der Waals surface area contributed by atoms with Crippen LogP contribution < -0.4 is 5.32 Å². The number of rotatable bonds is 6. The molecule has 0 spiro atoms. The van der Waals surface area contributed by atoms with Crippen LogP contribution >= 0.6 is 50.6 Å². The highest BCUT2D eigenvalue weighted by atomic mass is 79.9. The van der Waals surface area contributed by atoms with E-state index < -0.39 is 0 Å². The van der Waals surface area contributed by atoms with Crippen molar-refractivity contribution in [3.8, 4) is 0 Å². The van der Waals surface area contributed by atoms with Gasteiger partial charge in [0.15, 0.2) is 0 Å². The van der Waals surface area contributed by atoms with E-state index in [2.05, 4.69) is 38.8 Å². The summed E-state index contributed by atoms with van der Waals surface area (Å²) in [6.45, 7) is 0.637. The van der Waals surface area contributed by atoms with Crippen molar-refractivity contribution < 1.29 is 4.79 Å². The van der Waals surface area contributed by atoms with Gasteiger partial charge in [-0.2, -0.15) is 11.8 Å². The second kappa shape index (κ2) is 8.08. The first kappa shape index (κ1) is 15.9. The van der Waals surface area contributed by atoms with E-state index in [-0.39, 0.29) is 5.91 Å². The van der Waals surface area contributed by atoms with Gasteiger partial charge in [0, 0.05) is 27.4 Å². The van der Waals surface area contributed by atoms with Crippen molar-refractivity contribution in [2.45, 2.75) is 5.75 Å². The molecule has 0 saturated heterocycles. The molecule has 1 heterocycles. The number of nitrogens with one attached hydrogen (secondary N) is 1. The van der Waals surface area contributed by atoms with Crippen LogP contribution in [0.15, 0.2) is 40.2 Å². The number of hydrogen-bond acceptors (Lipinski definition) is 3. The third-order valence-corrected chi connectivity index (χ3v) is 5.42. The number of carbonyl (C=O) groups excluding carboxylic acids is 1. The minimum absolute atomic E-state index is 0.131. The summed E-state index contributed by atoms with van der Waals surface area (Å²) in [7, 11) is 0. The summed E-state index contributed by atoms with van der Waals surface area (Å²) >= 11 is 12.9. The number of thioether (sulfide) groups is 1. The molecular weight excluding hydrogens is 378 g/mol. The molecule has 0 aliphatic rings. The van der Waals surface area contributed by atoms with Crippen LogP contribution in [-0.4, -0.2) is 18.2 Å². The van der Waals surface area contributed by atoms with Gasteiger partial charge < -0.3 is 5.32 Å². The molecule has 6 heteroatoms. The molecule has 0 aliphatic heterocycles. The summed E-state index contributed by atoms with van der Waals surface area (Å²) < 4.78 is 0.846. The molecule has 0 unspecified atom stereocenters. The molecule has 106 valence electrons. The standard InChI is InChI=1S/C14H13BrClNOS2/c15-10-3-4-13(16)12(8-10)14(18)17-5-7-19-9-11-2-1-6-20-11/h1-4,6,8H,5,7,9H2,(H,17,18). The summed E-state index contributed by atoms with van der Waals surface area (Å²) in [6.07, 6.45) is 0. The highest BCUT2D eigenvalue weighted by molar-refractivity contribution is 9.10. The summed E-state index contributed by atoms with van der Waals surface area (Å²) in [6, 6.07) is 9.44. The van der Waals surface area contributed by atoms with E-state index in [1.807, 2.05) is 17.8 Å². The molecule has 0 atom stereocenters. The number of carbonyl (C=O) groups is 1. The molecule has 1 aromatic heterocycles. The van der Waals surface area contributed by atoms with E-state index in [9.17, 15) is 4.79 Å². The summed E-state index contributed by atoms with van der Waals surface area (Å²) in [5.41, 5.74) is 0.504. The third kappa shape index (κ3) is 4.81. The van der Waals surface area contributed by atoms with Gasteiger partial charge in [0.1, 0.15) is 0 Å². The molecule has 1 aromatic carbocycles. The smallest absolute Gasteiger partial charge is 0.252 e. The van der Waals surface area contributed by atoms with Crippen LogP contribution in [0.2, 0.25) is 5.02 Å². The maximum absolute atomic E-state index is 12.0. The Balaban J connectivity index is 1.73. The lowest BCUT2D eigenvalue weighted by Crippen LogP contribution is -2.26. The van der Waals surface area contributed by atoms with Crippen molar-refractivity contribution in [3.63, 3.8) is 0 Å². The van der Waals surface area contributed by atoms with Crippen molar-refractivity contribution in [2.75, 3.05) is 12.3 Å². The van der Waals surface area contributed by atoms with Gasteiger partial charge in [-0.05, 0) is 29.6 Å². The van der Waals surface area contributed by atoms with Crippen LogP contribution in [0.1, 0.15) is 15.2 Å². The van der Waals surface area contributed by atoms with Crippen LogP contribution in [0.5, 0.6) is 0 Å². The Morgan fingerprint density at radius 1 is 1.40 bits per heavy atom. The number of benzene rings is 1. The van der Waals surface area contributed by atoms with Gasteiger partial charge >= 0.3 is 0 Å². The Hall–Kier alpha value is -0.490. The lowest BCUT2D eigenvalue weighted by atomic mass is 10.2. The Labute approximate surface area is 140 Å². The van der Waals surface area contributed by atoms with Crippen LogP contribution in [0, 0.1) is 0 Å². The van der Waals surface area contributed by atoms with Gasteiger partial charge in [-0.15, -0.1) is 11.3 Å². The van der Waals surface area contributed by atoms with Gasteiger partial charge in [-0.1, -0.05) is 33.6 Å². The lowest BCUT2D eigenvalue weighted by molar-refractivity contribution is 0.0956. The quantitative estimate of drug-likeness (QED) is 0.716. The molecular formula is C14H13BrClNOS2. The normalized spacial score (nSPS) is 10.5. The monoisotopic (exact) mass is 389 g/mol. The SMILES string of the molecule is O=C(NCCSCc1cccs1)c1cc(Br)ccc1Cl. The highest BCUT2D eigenvalue weighted by Crippen LogP contribution is 2.21. The number of halogens is 2. The molecule has 2 nitrogen and oxygen atoms in total. The predicted molar refractivity (Wildman–Crippen MR) is 92.0 cm³/mol. The van der Waals surface area contributed by atoms with Crippen molar-refractivity contribution in [3.05, 3.63) is 55.6 Å². The van der Waals surface area contributed by atoms with E-state index in [4.69, 9.17) is 11.6 Å². The predicted octanol–water partition coefficient (Wildman–Crippen LogP) is 4.83. The fraction of sp³-hybridized carbons (Fsp3) is 0.214. The van der Waals surface area contributed by atoms with Crippen molar-refractivity contribution >= 4 is 56.5 Å². The van der Waals surface area contributed by atoms with Crippen LogP contribution in [0.4, 0.5) is 0 Å². The zero-order valence-corrected chi connectivity index (χ0v) is 14.5. The molecule has 0 saturated carbocycles. The topological polar surface area (TPSA) is 29.1 Å².